The summed E-state index contributed by atoms with van der Waals surface area (Å²) in [6, 6.07) is 9.32. The number of aryl methyl sites for hydroxylation is 1. The first-order chi connectivity index (χ1) is 16.1. The molecule has 0 bridgehead atoms. The number of rotatable bonds is 8. The molecule has 34 heavy (non-hydrogen) atoms. The van der Waals surface area contributed by atoms with Gasteiger partial charge >= 0.3 is 5.97 Å². The van der Waals surface area contributed by atoms with Crippen molar-refractivity contribution in [3.05, 3.63) is 58.4 Å². The van der Waals surface area contributed by atoms with Crippen LogP contribution < -0.4 is 4.90 Å². The monoisotopic (exact) mass is 462 g/mol. The Balaban J connectivity index is 1.54. The lowest BCUT2D eigenvalue weighted by Crippen LogP contribution is -2.42. The quantitative estimate of drug-likeness (QED) is 0.580. The van der Waals surface area contributed by atoms with Gasteiger partial charge < -0.3 is 14.9 Å². The molecule has 178 valence electrons. The van der Waals surface area contributed by atoms with Gasteiger partial charge in [-0.25, -0.2) is 4.98 Å². The maximum Gasteiger partial charge on any atom is 0.303 e. The number of hydrogen-bond acceptors (Lipinski definition) is 5. The predicted molar refractivity (Wildman–Crippen MR) is 128 cm³/mol. The zero-order valence-corrected chi connectivity index (χ0v) is 19.9. The van der Waals surface area contributed by atoms with Gasteiger partial charge in [0.15, 0.2) is 5.78 Å². The Morgan fingerprint density at radius 2 is 1.97 bits per heavy atom. The zero-order chi connectivity index (χ0) is 24.6. The standard InChI is InChI=1S/C26H30N4O4/c1-4-18-9-7-17-14-29(25(27)24(17)28-18)15-21(31)16-8-10-20-19(12-16)26(2,3)13-22(32)30(20)11-5-6-23(33)34/h7-10,12,27H,4-6,11,13-15H2,1-3H3,(H,33,34). The van der Waals surface area contributed by atoms with Crippen LogP contribution in [-0.2, 0) is 28.0 Å². The van der Waals surface area contributed by atoms with E-state index in [4.69, 9.17) is 10.5 Å². The summed E-state index contributed by atoms with van der Waals surface area (Å²) < 4.78 is 0. The number of carboxylic acids is 1. The van der Waals surface area contributed by atoms with Crippen molar-refractivity contribution in [1.82, 2.24) is 9.88 Å². The van der Waals surface area contributed by atoms with E-state index >= 15 is 0 Å². The lowest BCUT2D eigenvalue weighted by Gasteiger charge is -2.39. The summed E-state index contributed by atoms with van der Waals surface area (Å²) in [6.07, 6.45) is 1.45. The number of hydrogen-bond donors (Lipinski definition) is 2. The lowest BCUT2D eigenvalue weighted by molar-refractivity contribution is -0.137. The number of ketones is 1. The Labute approximate surface area is 199 Å². The number of amides is 1. The number of aromatic nitrogens is 1. The number of benzene rings is 1. The molecular weight excluding hydrogens is 432 g/mol. The molecule has 0 fully saturated rings. The van der Waals surface area contributed by atoms with Crippen molar-refractivity contribution in [2.45, 2.75) is 58.4 Å². The first-order valence-corrected chi connectivity index (χ1v) is 11.6. The fourth-order valence-electron chi connectivity index (χ4n) is 4.72. The minimum Gasteiger partial charge on any atom is -0.481 e. The van der Waals surface area contributed by atoms with E-state index in [1.54, 1.807) is 21.9 Å². The molecule has 0 saturated heterocycles. The van der Waals surface area contributed by atoms with E-state index in [9.17, 15) is 14.4 Å². The number of fused-ring (bicyclic) bond motifs is 2. The largest absolute Gasteiger partial charge is 0.481 e. The van der Waals surface area contributed by atoms with Crippen molar-refractivity contribution in [3.63, 3.8) is 0 Å². The minimum absolute atomic E-state index is 0.00212. The molecule has 1 aromatic carbocycles. The molecule has 4 rings (SSSR count). The van der Waals surface area contributed by atoms with E-state index < -0.39 is 11.4 Å². The molecule has 0 unspecified atom stereocenters. The van der Waals surface area contributed by atoms with Gasteiger partial charge in [-0.2, -0.15) is 0 Å². The Morgan fingerprint density at radius 1 is 1.21 bits per heavy atom. The third-order valence-corrected chi connectivity index (χ3v) is 6.64. The van der Waals surface area contributed by atoms with Crippen LogP contribution in [0.4, 0.5) is 5.69 Å². The topological polar surface area (TPSA) is 115 Å². The number of anilines is 1. The van der Waals surface area contributed by atoms with E-state index in [-0.39, 0.29) is 30.5 Å². The lowest BCUT2D eigenvalue weighted by atomic mass is 9.76. The highest BCUT2D eigenvalue weighted by Gasteiger charge is 2.37. The van der Waals surface area contributed by atoms with Gasteiger partial charge in [0, 0.05) is 53.9 Å². The molecule has 0 radical (unpaired) electrons. The molecule has 0 saturated carbocycles. The average molecular weight is 463 g/mol. The number of carbonyl (C=O) groups excluding carboxylic acids is 2. The third kappa shape index (κ3) is 4.44. The van der Waals surface area contributed by atoms with Gasteiger partial charge in [-0.05, 0) is 42.7 Å². The van der Waals surface area contributed by atoms with Crippen molar-refractivity contribution >= 4 is 29.2 Å². The van der Waals surface area contributed by atoms with Crippen molar-refractivity contribution in [2.75, 3.05) is 18.0 Å². The van der Waals surface area contributed by atoms with E-state index in [0.717, 1.165) is 28.9 Å². The normalized spacial score (nSPS) is 16.4. The average Bonchev–Trinajstić information content (AvgIpc) is 3.09. The summed E-state index contributed by atoms with van der Waals surface area (Å²) >= 11 is 0. The van der Waals surface area contributed by atoms with Crippen LogP contribution in [-0.4, -0.2) is 51.6 Å². The summed E-state index contributed by atoms with van der Waals surface area (Å²) in [5, 5.41) is 17.4. The van der Waals surface area contributed by atoms with Crippen molar-refractivity contribution in [3.8, 4) is 0 Å². The number of carboxylic acid groups (broad SMARTS) is 1. The first kappa shape index (κ1) is 23.6. The molecule has 2 aliphatic rings. The number of aliphatic carboxylic acids is 1. The molecule has 3 heterocycles. The van der Waals surface area contributed by atoms with Gasteiger partial charge in [-0.1, -0.05) is 26.8 Å². The van der Waals surface area contributed by atoms with Gasteiger partial charge in [0.1, 0.15) is 11.5 Å². The molecule has 2 aromatic rings. The predicted octanol–water partition coefficient (Wildman–Crippen LogP) is 3.55. The van der Waals surface area contributed by atoms with Crippen molar-refractivity contribution < 1.29 is 19.5 Å². The van der Waals surface area contributed by atoms with Crippen molar-refractivity contribution in [2.24, 2.45) is 0 Å². The van der Waals surface area contributed by atoms with E-state index in [1.165, 1.54) is 0 Å². The van der Waals surface area contributed by atoms with E-state index in [0.29, 0.717) is 37.2 Å². The summed E-state index contributed by atoms with van der Waals surface area (Å²) in [6.45, 7) is 6.88. The number of carbonyl (C=O) groups is 3. The van der Waals surface area contributed by atoms with Crippen LogP contribution in [0.1, 0.15) is 72.9 Å². The van der Waals surface area contributed by atoms with Crippen LogP contribution in [0, 0.1) is 5.41 Å². The number of amidine groups is 1. The van der Waals surface area contributed by atoms with Crippen LogP contribution in [0.25, 0.3) is 0 Å². The molecule has 0 aliphatic carbocycles. The summed E-state index contributed by atoms with van der Waals surface area (Å²) in [4.78, 5) is 44.8. The Hall–Kier alpha value is -3.55. The molecule has 0 atom stereocenters. The summed E-state index contributed by atoms with van der Waals surface area (Å²) in [5.41, 5.74) is 4.27. The highest BCUT2D eigenvalue weighted by molar-refractivity contribution is 6.05. The van der Waals surface area contributed by atoms with Crippen LogP contribution in [0.5, 0.6) is 0 Å². The van der Waals surface area contributed by atoms with Gasteiger partial charge in [0.25, 0.3) is 0 Å². The van der Waals surface area contributed by atoms with E-state index in [2.05, 4.69) is 4.98 Å². The molecular formula is C26H30N4O4. The van der Waals surface area contributed by atoms with Gasteiger partial charge in [0.2, 0.25) is 5.91 Å². The van der Waals surface area contributed by atoms with Crippen LogP contribution in [0.2, 0.25) is 0 Å². The molecule has 0 spiro atoms. The Kier molecular flexibility index (Phi) is 6.25. The molecule has 2 aliphatic heterocycles. The highest BCUT2D eigenvalue weighted by Crippen LogP contribution is 2.41. The second kappa shape index (κ2) is 9.00. The number of pyridine rings is 1. The molecule has 8 nitrogen and oxygen atoms in total. The zero-order valence-electron chi connectivity index (χ0n) is 19.9. The fraction of sp³-hybridized carbons (Fsp3) is 0.423. The van der Waals surface area contributed by atoms with E-state index in [1.807, 2.05) is 39.0 Å². The fourth-order valence-corrected chi connectivity index (χ4v) is 4.72. The number of nitrogens with zero attached hydrogens (tertiary/aromatic N) is 3. The van der Waals surface area contributed by atoms with Crippen LogP contribution in [0.15, 0.2) is 30.3 Å². The molecule has 1 amide bonds. The van der Waals surface area contributed by atoms with Gasteiger partial charge in [-0.15, -0.1) is 0 Å². The number of Topliss-reactive ketones (excluding diaryl/α,β-unsaturated/α-hetero) is 1. The number of nitrogens with one attached hydrogen (secondary N) is 1. The van der Waals surface area contributed by atoms with Crippen LogP contribution >= 0.6 is 0 Å². The third-order valence-electron chi connectivity index (χ3n) is 6.64. The van der Waals surface area contributed by atoms with Crippen LogP contribution in [0.3, 0.4) is 0 Å². The molecule has 8 heteroatoms. The molecule has 1 aromatic heterocycles. The minimum atomic E-state index is -0.887. The first-order valence-electron chi connectivity index (χ1n) is 11.6. The van der Waals surface area contributed by atoms with Gasteiger partial charge in [-0.3, -0.25) is 19.8 Å². The SMILES string of the molecule is CCc1ccc2c(n1)C(=N)N(CC(=O)c1ccc3c(c1)C(C)(C)CC(=O)N3CCCC(=O)O)C2. The Morgan fingerprint density at radius 3 is 2.68 bits per heavy atom. The van der Waals surface area contributed by atoms with Crippen molar-refractivity contribution in [1.29, 1.82) is 5.41 Å². The second-order valence-electron chi connectivity index (χ2n) is 9.63. The second-order valence-corrected chi connectivity index (χ2v) is 9.63. The highest BCUT2D eigenvalue weighted by atomic mass is 16.4. The molecule has 2 N–H and O–H groups in total. The van der Waals surface area contributed by atoms with Gasteiger partial charge in [0.05, 0.1) is 6.54 Å². The smallest absolute Gasteiger partial charge is 0.303 e. The summed E-state index contributed by atoms with van der Waals surface area (Å²) in [7, 11) is 0. The summed E-state index contributed by atoms with van der Waals surface area (Å²) in [5.74, 6) is -0.751. The maximum atomic E-state index is 13.2. The maximum absolute atomic E-state index is 13.2. The Bertz CT molecular complexity index is 1190.